The van der Waals surface area contributed by atoms with Crippen LogP contribution >= 0.6 is 11.8 Å². The Kier molecular flexibility index (Phi) is 6.56. The second-order valence-corrected chi connectivity index (χ2v) is 4.60. The van der Waals surface area contributed by atoms with Crippen molar-refractivity contribution < 1.29 is 4.74 Å². The fourth-order valence-electron chi connectivity index (χ4n) is 1.28. The number of anilines is 2. The highest BCUT2D eigenvalue weighted by atomic mass is 32.2. The van der Waals surface area contributed by atoms with E-state index >= 15 is 0 Å². The van der Waals surface area contributed by atoms with Gasteiger partial charge in [0.2, 0.25) is 11.9 Å². The lowest BCUT2D eigenvalue weighted by atomic mass is 10.6. The Bertz CT molecular complexity index is 339. The largest absolute Gasteiger partial charge is 0.464 e. The summed E-state index contributed by atoms with van der Waals surface area (Å²) in [6.07, 6.45) is 2.08. The fraction of sp³-hybridized carbons (Fsp3) is 0.727. The Hall–Kier alpha value is -1.24. The van der Waals surface area contributed by atoms with Crippen molar-refractivity contribution in [3.8, 4) is 6.01 Å². The predicted octanol–water partition coefficient (Wildman–Crippen LogP) is 1.50. The average Bonchev–Trinajstić information content (AvgIpc) is 2.36. The standard InChI is InChI=1S/C11H21N5OS/c1-5-12-9-13-10(16(3)7-8-18-4)15-11(14-9)17-6-2/h5-8H2,1-4H3,(H,12,13,14,15). The number of nitrogens with zero attached hydrogens (tertiary/aromatic N) is 4. The number of aromatic nitrogens is 3. The number of thioether (sulfide) groups is 1. The summed E-state index contributed by atoms with van der Waals surface area (Å²) in [7, 11) is 1.97. The zero-order valence-electron chi connectivity index (χ0n) is 11.4. The highest BCUT2D eigenvalue weighted by Gasteiger charge is 2.10. The lowest BCUT2D eigenvalue weighted by Crippen LogP contribution is -2.23. The molecule has 0 unspecified atom stereocenters. The SMILES string of the molecule is CCNc1nc(OCC)nc(N(C)CCSC)n1. The minimum atomic E-state index is 0.370. The molecule has 6 nitrogen and oxygen atoms in total. The summed E-state index contributed by atoms with van der Waals surface area (Å²) in [5.41, 5.74) is 0. The summed E-state index contributed by atoms with van der Waals surface area (Å²) in [5.74, 6) is 2.23. The molecule has 1 aromatic heterocycles. The average molecular weight is 271 g/mol. The molecule has 7 heteroatoms. The van der Waals surface area contributed by atoms with Gasteiger partial charge >= 0.3 is 6.01 Å². The van der Waals surface area contributed by atoms with Crippen LogP contribution in [0.15, 0.2) is 0 Å². The molecule has 0 radical (unpaired) electrons. The molecule has 102 valence electrons. The first-order chi connectivity index (χ1) is 8.71. The van der Waals surface area contributed by atoms with Gasteiger partial charge in [0.15, 0.2) is 0 Å². The topological polar surface area (TPSA) is 63.2 Å². The van der Waals surface area contributed by atoms with Crippen LogP contribution in [0, 0.1) is 0 Å². The molecular formula is C11H21N5OS. The number of hydrogen-bond acceptors (Lipinski definition) is 7. The van der Waals surface area contributed by atoms with E-state index in [1.54, 1.807) is 11.8 Å². The van der Waals surface area contributed by atoms with Gasteiger partial charge in [-0.1, -0.05) is 0 Å². The van der Waals surface area contributed by atoms with Gasteiger partial charge in [-0.25, -0.2) is 0 Å². The lowest BCUT2D eigenvalue weighted by Gasteiger charge is -2.17. The van der Waals surface area contributed by atoms with Gasteiger partial charge in [0.25, 0.3) is 0 Å². The van der Waals surface area contributed by atoms with Gasteiger partial charge in [-0.05, 0) is 20.1 Å². The molecule has 1 rings (SSSR count). The second-order valence-electron chi connectivity index (χ2n) is 3.62. The predicted molar refractivity (Wildman–Crippen MR) is 76.8 cm³/mol. The van der Waals surface area contributed by atoms with Gasteiger partial charge in [0, 0.05) is 25.9 Å². The van der Waals surface area contributed by atoms with Crippen LogP contribution in [0.3, 0.4) is 0 Å². The first kappa shape index (κ1) is 14.8. The van der Waals surface area contributed by atoms with Crippen LogP contribution < -0.4 is 15.0 Å². The second kappa shape index (κ2) is 7.97. The van der Waals surface area contributed by atoms with E-state index in [1.165, 1.54) is 0 Å². The Morgan fingerprint density at radius 3 is 2.67 bits per heavy atom. The van der Waals surface area contributed by atoms with Crippen molar-refractivity contribution in [2.75, 3.05) is 49.0 Å². The van der Waals surface area contributed by atoms with Crippen molar-refractivity contribution >= 4 is 23.7 Å². The molecule has 18 heavy (non-hydrogen) atoms. The summed E-state index contributed by atoms with van der Waals surface area (Å²) in [5, 5.41) is 3.08. The van der Waals surface area contributed by atoms with Crippen LogP contribution in [0.4, 0.5) is 11.9 Å². The van der Waals surface area contributed by atoms with Crippen molar-refractivity contribution in [1.29, 1.82) is 0 Å². The van der Waals surface area contributed by atoms with E-state index in [1.807, 2.05) is 25.8 Å². The molecule has 0 amide bonds. The Morgan fingerprint density at radius 1 is 1.28 bits per heavy atom. The van der Waals surface area contributed by atoms with E-state index < -0.39 is 0 Å². The third-order valence-corrected chi connectivity index (χ3v) is 2.77. The van der Waals surface area contributed by atoms with Crippen LogP contribution in [-0.2, 0) is 0 Å². The van der Waals surface area contributed by atoms with E-state index in [4.69, 9.17) is 4.74 Å². The number of nitrogens with one attached hydrogen (secondary N) is 1. The molecular weight excluding hydrogens is 250 g/mol. The Morgan fingerprint density at radius 2 is 2.06 bits per heavy atom. The summed E-state index contributed by atoms with van der Waals surface area (Å²) < 4.78 is 5.35. The smallest absolute Gasteiger partial charge is 0.323 e. The van der Waals surface area contributed by atoms with Gasteiger partial charge < -0.3 is 15.0 Å². The van der Waals surface area contributed by atoms with Crippen LogP contribution in [0.25, 0.3) is 0 Å². The van der Waals surface area contributed by atoms with Crippen LogP contribution in [0.2, 0.25) is 0 Å². The zero-order chi connectivity index (χ0) is 13.4. The normalized spacial score (nSPS) is 10.2. The molecule has 1 heterocycles. The molecule has 0 aromatic carbocycles. The first-order valence-electron chi connectivity index (χ1n) is 6.04. The number of rotatable bonds is 8. The monoisotopic (exact) mass is 271 g/mol. The Labute approximate surface area is 113 Å². The summed E-state index contributed by atoms with van der Waals surface area (Å²) >= 11 is 1.79. The van der Waals surface area contributed by atoms with E-state index in [9.17, 15) is 0 Å². The molecule has 1 aromatic rings. The maximum absolute atomic E-state index is 5.35. The summed E-state index contributed by atoms with van der Waals surface area (Å²) in [6, 6.07) is 0.370. The van der Waals surface area contributed by atoms with Gasteiger partial charge in [-0.3, -0.25) is 0 Å². The quantitative estimate of drug-likeness (QED) is 0.768. The van der Waals surface area contributed by atoms with Crippen LogP contribution in [-0.4, -0.2) is 53.7 Å². The van der Waals surface area contributed by atoms with E-state index in [0.717, 1.165) is 18.8 Å². The highest BCUT2D eigenvalue weighted by Crippen LogP contribution is 2.14. The van der Waals surface area contributed by atoms with Gasteiger partial charge in [-0.15, -0.1) is 0 Å². The summed E-state index contributed by atoms with van der Waals surface area (Å²) in [6.45, 7) is 6.12. The molecule has 0 saturated carbocycles. The molecule has 0 aliphatic rings. The lowest BCUT2D eigenvalue weighted by molar-refractivity contribution is 0.312. The van der Waals surface area contributed by atoms with Gasteiger partial charge in [-0.2, -0.15) is 26.7 Å². The fourth-order valence-corrected chi connectivity index (χ4v) is 1.73. The van der Waals surface area contributed by atoms with Gasteiger partial charge in [0.1, 0.15) is 0 Å². The molecule has 0 spiro atoms. The molecule has 1 N–H and O–H groups in total. The maximum atomic E-state index is 5.35. The Balaban J connectivity index is 2.87. The molecule has 0 fully saturated rings. The van der Waals surface area contributed by atoms with Crippen molar-refractivity contribution in [2.24, 2.45) is 0 Å². The minimum absolute atomic E-state index is 0.370. The third-order valence-electron chi connectivity index (χ3n) is 2.18. The van der Waals surface area contributed by atoms with Crippen molar-refractivity contribution in [3.63, 3.8) is 0 Å². The zero-order valence-corrected chi connectivity index (χ0v) is 12.3. The van der Waals surface area contributed by atoms with Crippen LogP contribution in [0.1, 0.15) is 13.8 Å². The highest BCUT2D eigenvalue weighted by molar-refractivity contribution is 7.98. The van der Waals surface area contributed by atoms with E-state index in [-0.39, 0.29) is 0 Å². The minimum Gasteiger partial charge on any atom is -0.464 e. The number of ether oxygens (including phenoxy) is 1. The molecule has 0 aliphatic heterocycles. The maximum Gasteiger partial charge on any atom is 0.323 e. The molecule has 0 aliphatic carbocycles. The molecule has 0 bridgehead atoms. The van der Waals surface area contributed by atoms with Crippen molar-refractivity contribution in [2.45, 2.75) is 13.8 Å². The summed E-state index contributed by atoms with van der Waals surface area (Å²) in [4.78, 5) is 14.8. The van der Waals surface area contributed by atoms with Crippen LogP contribution in [0.5, 0.6) is 6.01 Å². The van der Waals surface area contributed by atoms with Crippen molar-refractivity contribution in [3.05, 3.63) is 0 Å². The van der Waals surface area contributed by atoms with Gasteiger partial charge in [0.05, 0.1) is 6.61 Å². The molecule has 0 atom stereocenters. The van der Waals surface area contributed by atoms with E-state index in [0.29, 0.717) is 24.5 Å². The molecule has 0 saturated heterocycles. The van der Waals surface area contributed by atoms with E-state index in [2.05, 4.69) is 26.5 Å². The number of hydrogen-bond donors (Lipinski definition) is 1. The first-order valence-corrected chi connectivity index (χ1v) is 7.43. The van der Waals surface area contributed by atoms with Crippen molar-refractivity contribution in [1.82, 2.24) is 15.0 Å². The third kappa shape index (κ3) is 4.56.